The van der Waals surface area contributed by atoms with E-state index in [1.54, 1.807) is 0 Å². The smallest absolute Gasteiger partial charge is 0.306 e. The maximum absolute atomic E-state index is 12.8. The molecule has 2 atom stereocenters. The van der Waals surface area contributed by atoms with Crippen LogP contribution < -0.4 is 4.89 Å². The molecule has 458 valence electrons. The average molecular weight is 1130 g/mol. The standard InChI is InChI=1S/C70H120NO8P/c1-6-8-10-12-14-16-18-20-22-24-26-28-30-31-32-33-34-35-36-37-38-39-41-43-45-47-49-51-53-55-57-59-61-63-70(73)79-68(67-78-80(74,75)77-65-64-71(3,4)5)66-76-69(72)62-60-58-56-54-52-50-48-46-44-42-40-29-27-25-23-21-19-17-15-13-11-9-7-2/h8,10,14,16,19-22,25-28,31-32,34-35,37-38,41,43,68H,6-7,9,11-13,15,17-18,23-24,29-30,33,36,39-40,42,44-67H2,1-5H3/b10-8-,16-14-,21-19-,22-20-,27-25-,28-26-,32-31-,35-34-,38-37-,43-41-. The molecule has 0 amide bonds. The molecule has 0 aromatic heterocycles. The highest BCUT2D eigenvalue weighted by Gasteiger charge is 2.22. The van der Waals surface area contributed by atoms with Crippen LogP contribution in [0.1, 0.15) is 258 Å². The Morgan fingerprint density at radius 2 is 0.713 bits per heavy atom. The number of nitrogens with zero attached hydrogens (tertiary/aromatic N) is 1. The maximum atomic E-state index is 12.8. The van der Waals surface area contributed by atoms with Gasteiger partial charge in [0.05, 0.1) is 27.7 Å². The zero-order chi connectivity index (χ0) is 58.4. The highest BCUT2D eigenvalue weighted by molar-refractivity contribution is 7.45. The molecule has 0 bridgehead atoms. The number of carbonyl (C=O) groups excluding carboxylic acids is 2. The Morgan fingerprint density at radius 1 is 0.400 bits per heavy atom. The quantitative estimate of drug-likeness (QED) is 0.0195. The highest BCUT2D eigenvalue weighted by atomic mass is 31.2. The molecule has 0 rings (SSSR count). The summed E-state index contributed by atoms with van der Waals surface area (Å²) in [5.74, 6) is -0.848. The summed E-state index contributed by atoms with van der Waals surface area (Å²) in [4.78, 5) is 38.0. The van der Waals surface area contributed by atoms with E-state index in [-0.39, 0.29) is 32.0 Å². The van der Waals surface area contributed by atoms with E-state index >= 15 is 0 Å². The van der Waals surface area contributed by atoms with Gasteiger partial charge in [-0.1, -0.05) is 257 Å². The molecule has 10 heteroatoms. The second kappa shape index (κ2) is 60.0. The summed E-state index contributed by atoms with van der Waals surface area (Å²) in [6.07, 6.45) is 85.3. The van der Waals surface area contributed by atoms with Crippen LogP contribution in [0.15, 0.2) is 122 Å². The Labute approximate surface area is 492 Å². The van der Waals surface area contributed by atoms with Gasteiger partial charge in [-0.15, -0.1) is 0 Å². The van der Waals surface area contributed by atoms with Crippen molar-refractivity contribution in [3.63, 3.8) is 0 Å². The summed E-state index contributed by atoms with van der Waals surface area (Å²) < 4.78 is 34.2. The Bertz CT molecular complexity index is 1760. The van der Waals surface area contributed by atoms with E-state index in [2.05, 4.69) is 135 Å². The van der Waals surface area contributed by atoms with Gasteiger partial charge in [0.2, 0.25) is 0 Å². The monoisotopic (exact) mass is 1130 g/mol. The SMILES string of the molecule is CC/C=C\C/C=C\C/C=C\C/C=C\C/C=C\C/C=C\C/C=C\C/C=C\CCCCCCCCCCC(=O)OC(COC(=O)CCCCCCCCCCCCC/C=C\C/C=C\CCCCCCC)COP(=O)([O-])OCC[N+](C)(C)C. The summed E-state index contributed by atoms with van der Waals surface area (Å²) in [6.45, 7) is 4.11. The van der Waals surface area contributed by atoms with Gasteiger partial charge < -0.3 is 27.9 Å². The lowest BCUT2D eigenvalue weighted by molar-refractivity contribution is -0.870. The minimum atomic E-state index is -4.65. The molecule has 80 heavy (non-hydrogen) atoms. The first-order valence-corrected chi connectivity index (χ1v) is 33.7. The minimum Gasteiger partial charge on any atom is -0.756 e. The molecule has 0 spiro atoms. The molecule has 2 unspecified atom stereocenters. The van der Waals surface area contributed by atoms with Crippen LogP contribution in [0.4, 0.5) is 0 Å². The lowest BCUT2D eigenvalue weighted by Gasteiger charge is -2.28. The number of hydrogen-bond acceptors (Lipinski definition) is 8. The molecule has 0 radical (unpaired) electrons. The lowest BCUT2D eigenvalue weighted by atomic mass is 10.0. The van der Waals surface area contributed by atoms with Gasteiger partial charge >= 0.3 is 11.9 Å². The Balaban J connectivity index is 4.17. The van der Waals surface area contributed by atoms with Crippen molar-refractivity contribution < 1.29 is 42.1 Å². The second-order valence-corrected chi connectivity index (χ2v) is 23.8. The number of hydrogen-bond donors (Lipinski definition) is 0. The molecule has 9 nitrogen and oxygen atoms in total. The van der Waals surface area contributed by atoms with Gasteiger partial charge in [-0.05, 0) is 109 Å². The number of likely N-dealkylation sites (N-methyl/N-ethyl adjacent to an activating group) is 1. The molecule has 0 aromatic carbocycles. The molecule has 0 heterocycles. The van der Waals surface area contributed by atoms with Crippen LogP contribution in [-0.2, 0) is 32.7 Å². The number of carbonyl (C=O) groups is 2. The van der Waals surface area contributed by atoms with Crippen LogP contribution in [0.2, 0.25) is 0 Å². The van der Waals surface area contributed by atoms with Crippen molar-refractivity contribution in [3.05, 3.63) is 122 Å². The number of unbranched alkanes of at least 4 members (excludes halogenated alkanes) is 24. The van der Waals surface area contributed by atoms with Gasteiger partial charge in [-0.2, -0.15) is 0 Å². The molecule has 0 fully saturated rings. The van der Waals surface area contributed by atoms with Gasteiger partial charge in [0, 0.05) is 12.8 Å². The van der Waals surface area contributed by atoms with Crippen LogP contribution in [0, 0.1) is 0 Å². The van der Waals surface area contributed by atoms with E-state index in [4.69, 9.17) is 18.5 Å². The summed E-state index contributed by atoms with van der Waals surface area (Å²) in [7, 11) is 1.15. The van der Waals surface area contributed by atoms with Crippen LogP contribution in [0.5, 0.6) is 0 Å². The Kier molecular flexibility index (Phi) is 57.3. The fourth-order valence-corrected chi connectivity index (χ4v) is 9.25. The van der Waals surface area contributed by atoms with Gasteiger partial charge in [-0.3, -0.25) is 14.2 Å². The topological polar surface area (TPSA) is 111 Å². The summed E-state index contributed by atoms with van der Waals surface area (Å²) in [5, 5.41) is 0. The van der Waals surface area contributed by atoms with E-state index < -0.39 is 26.5 Å². The molecular weight excluding hydrogens is 1010 g/mol. The number of quaternary nitrogens is 1. The molecule has 0 aromatic rings. The third-order valence-electron chi connectivity index (χ3n) is 13.5. The number of esters is 2. The van der Waals surface area contributed by atoms with E-state index in [0.29, 0.717) is 17.4 Å². The number of phosphoric ester groups is 1. The van der Waals surface area contributed by atoms with E-state index in [1.807, 2.05) is 21.1 Å². The number of ether oxygens (including phenoxy) is 2. The molecule has 0 aliphatic heterocycles. The Hall–Kier alpha value is -3.59. The summed E-state index contributed by atoms with van der Waals surface area (Å²) in [5.41, 5.74) is 0. The first-order valence-electron chi connectivity index (χ1n) is 32.2. The highest BCUT2D eigenvalue weighted by Crippen LogP contribution is 2.38. The fourth-order valence-electron chi connectivity index (χ4n) is 8.53. The van der Waals surface area contributed by atoms with Crippen LogP contribution in [-0.4, -0.2) is 70.0 Å². The molecule has 0 saturated carbocycles. The predicted molar refractivity (Wildman–Crippen MR) is 341 cm³/mol. The number of allylic oxidation sites excluding steroid dienone is 20. The molecule has 0 aliphatic carbocycles. The summed E-state index contributed by atoms with van der Waals surface area (Å²) >= 11 is 0. The van der Waals surface area contributed by atoms with Gasteiger partial charge in [0.15, 0.2) is 6.10 Å². The van der Waals surface area contributed by atoms with Crippen LogP contribution >= 0.6 is 7.82 Å². The van der Waals surface area contributed by atoms with E-state index in [0.717, 1.165) is 103 Å². The van der Waals surface area contributed by atoms with E-state index in [9.17, 15) is 19.0 Å². The zero-order valence-corrected chi connectivity index (χ0v) is 52.9. The van der Waals surface area contributed by atoms with Crippen molar-refractivity contribution >= 4 is 19.8 Å². The number of phosphoric acid groups is 1. The Morgan fingerprint density at radius 3 is 1.06 bits per heavy atom. The molecule has 0 N–H and O–H groups in total. The molecular formula is C70H120NO8P. The number of rotatable bonds is 58. The minimum absolute atomic E-state index is 0.0386. The largest absolute Gasteiger partial charge is 0.756 e. The lowest BCUT2D eigenvalue weighted by Crippen LogP contribution is -2.37. The maximum Gasteiger partial charge on any atom is 0.306 e. The van der Waals surface area contributed by atoms with Crippen LogP contribution in [0.3, 0.4) is 0 Å². The third kappa shape index (κ3) is 63.6. The zero-order valence-electron chi connectivity index (χ0n) is 52.0. The van der Waals surface area contributed by atoms with E-state index in [1.165, 1.54) is 122 Å². The first-order chi connectivity index (χ1) is 39.0. The fraction of sp³-hybridized carbons (Fsp3) is 0.686. The molecule has 0 aliphatic rings. The average Bonchev–Trinajstić information content (AvgIpc) is 3.42. The molecule has 0 saturated heterocycles. The predicted octanol–water partition coefficient (Wildman–Crippen LogP) is 20.1. The van der Waals surface area contributed by atoms with Gasteiger partial charge in [-0.25, -0.2) is 0 Å². The van der Waals surface area contributed by atoms with Crippen molar-refractivity contribution in [3.8, 4) is 0 Å². The first kappa shape index (κ1) is 76.4. The summed E-state index contributed by atoms with van der Waals surface area (Å²) in [6, 6.07) is 0. The van der Waals surface area contributed by atoms with Crippen molar-refractivity contribution in [1.29, 1.82) is 0 Å². The van der Waals surface area contributed by atoms with Gasteiger partial charge in [0.1, 0.15) is 19.8 Å². The van der Waals surface area contributed by atoms with Gasteiger partial charge in [0.25, 0.3) is 7.82 Å². The normalized spacial score (nSPS) is 14.0. The third-order valence-corrected chi connectivity index (χ3v) is 14.4. The van der Waals surface area contributed by atoms with Crippen molar-refractivity contribution in [2.75, 3.05) is 47.5 Å². The second-order valence-electron chi connectivity index (χ2n) is 22.4. The van der Waals surface area contributed by atoms with Crippen molar-refractivity contribution in [2.45, 2.75) is 264 Å². The van der Waals surface area contributed by atoms with Crippen molar-refractivity contribution in [2.24, 2.45) is 0 Å². The van der Waals surface area contributed by atoms with Crippen LogP contribution in [0.25, 0.3) is 0 Å². The van der Waals surface area contributed by atoms with Crippen molar-refractivity contribution in [1.82, 2.24) is 0 Å².